The van der Waals surface area contributed by atoms with Gasteiger partial charge in [0, 0.05) is 6.42 Å². The van der Waals surface area contributed by atoms with Crippen LogP contribution in [0, 0.1) is 52.3 Å². The van der Waals surface area contributed by atoms with Crippen molar-refractivity contribution in [1.29, 1.82) is 0 Å². The molecular formula is C31H53NO6. The van der Waals surface area contributed by atoms with Crippen molar-refractivity contribution in [3.05, 3.63) is 0 Å². The molecule has 0 heterocycles. The second-order valence-corrected chi connectivity index (χ2v) is 14.3. The first-order valence-electron chi connectivity index (χ1n) is 15.2. The third-order valence-electron chi connectivity index (χ3n) is 11.9. The zero-order chi connectivity index (χ0) is 28.0. The maximum Gasteiger partial charge on any atom is 0.328 e. The van der Waals surface area contributed by atoms with Crippen LogP contribution < -0.4 is 5.32 Å². The van der Waals surface area contributed by atoms with Crippen LogP contribution in [0.5, 0.6) is 0 Å². The molecule has 0 radical (unpaired) electrons. The van der Waals surface area contributed by atoms with Gasteiger partial charge in [-0.2, -0.15) is 0 Å². The Labute approximate surface area is 229 Å². The number of fused-ring (bicyclic) bond motifs is 5. The molecule has 7 nitrogen and oxygen atoms in total. The molecule has 0 saturated heterocycles. The lowest BCUT2D eigenvalue weighted by molar-refractivity contribution is -0.207. The minimum absolute atomic E-state index is 0.0688. The van der Waals surface area contributed by atoms with Gasteiger partial charge in [0.1, 0.15) is 6.04 Å². The molecule has 4 fully saturated rings. The number of aliphatic hydroxyl groups excluding tert-OH is 3. The Balaban J connectivity index is 1.43. The zero-order valence-corrected chi connectivity index (χ0v) is 24.5. The molecule has 0 aromatic heterocycles. The maximum atomic E-state index is 12.8. The fourth-order valence-corrected chi connectivity index (χ4v) is 9.79. The van der Waals surface area contributed by atoms with Crippen LogP contribution in [0.4, 0.5) is 0 Å². The van der Waals surface area contributed by atoms with Gasteiger partial charge in [-0.25, -0.2) is 4.79 Å². The topological polar surface area (TPSA) is 116 Å². The molecule has 0 aromatic rings. The Morgan fingerprint density at radius 2 is 1.71 bits per heavy atom. The number of ether oxygens (including phenoxy) is 1. The summed E-state index contributed by atoms with van der Waals surface area (Å²) in [4.78, 5) is 24.9. The van der Waals surface area contributed by atoms with Crippen LogP contribution in [-0.2, 0) is 14.3 Å². The molecule has 0 aromatic carbocycles. The molecule has 7 heteroatoms. The maximum absolute atomic E-state index is 12.8. The first-order chi connectivity index (χ1) is 17.8. The van der Waals surface area contributed by atoms with Gasteiger partial charge in [0.05, 0.1) is 25.4 Å². The summed E-state index contributed by atoms with van der Waals surface area (Å²) in [6, 6.07) is -0.618. The molecule has 4 saturated carbocycles. The summed E-state index contributed by atoms with van der Waals surface area (Å²) in [6.07, 6.45) is 6.58. The molecule has 4 N–H and O–H groups in total. The van der Waals surface area contributed by atoms with Crippen molar-refractivity contribution < 1.29 is 29.6 Å². The molecule has 1 amide bonds. The van der Waals surface area contributed by atoms with E-state index in [1.165, 1.54) is 7.11 Å². The lowest BCUT2D eigenvalue weighted by Crippen LogP contribution is -2.62. The van der Waals surface area contributed by atoms with Gasteiger partial charge in [-0.1, -0.05) is 34.6 Å². The van der Waals surface area contributed by atoms with Crippen molar-refractivity contribution in [3.8, 4) is 0 Å². The van der Waals surface area contributed by atoms with Gasteiger partial charge >= 0.3 is 5.97 Å². The highest BCUT2D eigenvalue weighted by Crippen LogP contribution is 2.68. The van der Waals surface area contributed by atoms with Crippen LogP contribution in [-0.4, -0.2) is 58.7 Å². The second kappa shape index (κ2) is 11.4. The highest BCUT2D eigenvalue weighted by Gasteiger charge is 2.65. The number of aliphatic hydroxyl groups is 3. The number of esters is 1. The average molecular weight is 536 g/mol. The minimum atomic E-state index is -0.618. The summed E-state index contributed by atoms with van der Waals surface area (Å²) in [5.41, 5.74) is -0.207. The summed E-state index contributed by atoms with van der Waals surface area (Å²) in [5.74, 6) is 1.33. The van der Waals surface area contributed by atoms with E-state index in [-0.39, 0.29) is 64.5 Å². The van der Waals surface area contributed by atoms with Crippen molar-refractivity contribution in [2.24, 2.45) is 52.3 Å². The lowest BCUT2D eigenvalue weighted by Gasteiger charge is -2.63. The highest BCUT2D eigenvalue weighted by atomic mass is 16.5. The molecule has 0 unspecified atom stereocenters. The van der Waals surface area contributed by atoms with E-state index >= 15 is 0 Å². The molecule has 12 atom stereocenters. The monoisotopic (exact) mass is 535 g/mol. The number of carbonyl (C=O) groups excluding carboxylic acids is 2. The summed E-state index contributed by atoms with van der Waals surface area (Å²) in [7, 11) is 1.35. The van der Waals surface area contributed by atoms with Crippen molar-refractivity contribution in [3.63, 3.8) is 0 Å². The third-order valence-corrected chi connectivity index (χ3v) is 11.9. The van der Waals surface area contributed by atoms with Crippen molar-refractivity contribution in [2.45, 2.75) is 123 Å². The van der Waals surface area contributed by atoms with Crippen LogP contribution in [0.1, 0.15) is 98.8 Å². The van der Waals surface area contributed by atoms with E-state index in [9.17, 15) is 24.9 Å². The number of rotatable bonds is 8. The Hall–Kier alpha value is -1.18. The smallest absolute Gasteiger partial charge is 0.328 e. The van der Waals surface area contributed by atoms with Gasteiger partial charge < -0.3 is 25.4 Å². The summed E-state index contributed by atoms with van der Waals surface area (Å²) >= 11 is 0. The first kappa shape index (κ1) is 29.8. The highest BCUT2D eigenvalue weighted by molar-refractivity contribution is 5.84. The fraction of sp³-hybridized carbons (Fsp3) is 0.935. The molecule has 218 valence electrons. The normalized spacial score (nSPS) is 43.9. The average Bonchev–Trinajstić information content (AvgIpc) is 3.21. The summed E-state index contributed by atoms with van der Waals surface area (Å²) in [6.45, 7) is 10.8. The van der Waals surface area contributed by atoms with Crippen molar-refractivity contribution in [1.82, 2.24) is 5.32 Å². The Bertz CT molecular complexity index is 863. The molecule has 4 aliphatic carbocycles. The van der Waals surface area contributed by atoms with Gasteiger partial charge in [-0.15, -0.1) is 0 Å². The molecule has 4 rings (SSSR count). The fourth-order valence-electron chi connectivity index (χ4n) is 9.79. The van der Waals surface area contributed by atoms with E-state index in [0.29, 0.717) is 25.2 Å². The Morgan fingerprint density at radius 3 is 2.37 bits per heavy atom. The van der Waals surface area contributed by atoms with Crippen molar-refractivity contribution in [2.75, 3.05) is 7.11 Å². The third kappa shape index (κ3) is 5.28. The van der Waals surface area contributed by atoms with E-state index in [2.05, 4.69) is 26.1 Å². The molecular weight excluding hydrogens is 482 g/mol. The van der Waals surface area contributed by atoms with Crippen LogP contribution in [0.3, 0.4) is 0 Å². The van der Waals surface area contributed by atoms with E-state index in [0.717, 1.165) is 44.9 Å². The van der Waals surface area contributed by atoms with Gasteiger partial charge in [-0.3, -0.25) is 4.79 Å². The van der Waals surface area contributed by atoms with E-state index in [1.807, 2.05) is 13.8 Å². The van der Waals surface area contributed by atoms with Gasteiger partial charge in [0.25, 0.3) is 0 Å². The lowest BCUT2D eigenvalue weighted by atomic mass is 9.43. The predicted octanol–water partition coefficient (Wildman–Crippen LogP) is 4.07. The van der Waals surface area contributed by atoms with E-state index in [4.69, 9.17) is 4.74 Å². The molecule has 0 aliphatic heterocycles. The Morgan fingerprint density at radius 1 is 1.00 bits per heavy atom. The summed E-state index contributed by atoms with van der Waals surface area (Å²) < 4.78 is 4.89. The largest absolute Gasteiger partial charge is 0.467 e. The molecule has 0 spiro atoms. The quantitative estimate of drug-likeness (QED) is 0.348. The number of hydrogen-bond donors (Lipinski definition) is 4. The van der Waals surface area contributed by atoms with Gasteiger partial charge in [0.15, 0.2) is 0 Å². The van der Waals surface area contributed by atoms with Crippen LogP contribution in [0.2, 0.25) is 0 Å². The minimum Gasteiger partial charge on any atom is -0.467 e. The number of amides is 1. The SMILES string of the molecule is COC(=O)[C@H](CC(C)C)NC(=O)CC[C@@H](C)[C@H]1CC[C@H]2[C@@H]3[C@H](O)C[C@@H]4C[C@H](O)CC[C@]4(C)[C@H]3C[C@H](O)[C@]12C. The molecule has 0 bridgehead atoms. The van der Waals surface area contributed by atoms with Gasteiger partial charge in [0.2, 0.25) is 5.91 Å². The number of carbonyl (C=O) groups is 2. The van der Waals surface area contributed by atoms with Crippen molar-refractivity contribution >= 4 is 11.9 Å². The predicted molar refractivity (Wildman–Crippen MR) is 146 cm³/mol. The number of methoxy groups -OCH3 is 1. The first-order valence-corrected chi connectivity index (χ1v) is 15.2. The van der Waals surface area contributed by atoms with Gasteiger partial charge in [-0.05, 0) is 110 Å². The van der Waals surface area contributed by atoms with E-state index < -0.39 is 18.1 Å². The Kier molecular flexibility index (Phi) is 8.91. The van der Waals surface area contributed by atoms with E-state index in [1.54, 1.807) is 0 Å². The zero-order valence-electron chi connectivity index (χ0n) is 24.5. The molecule has 4 aliphatic rings. The standard InChI is InChI=1S/C31H53NO6/c1-17(2)13-24(29(37)38-6)32-27(36)10-7-18(3)21-8-9-22-28-23(16-26(35)31(21,22)5)30(4)12-11-20(33)14-19(30)15-25(28)34/h17-26,28,33-35H,7-16H2,1-6H3,(H,32,36)/t18-,19+,20-,21-,22+,23+,24+,25-,26+,28+,30+,31-/m1/s1. The number of hydrogen-bond acceptors (Lipinski definition) is 6. The van der Waals surface area contributed by atoms with Crippen LogP contribution in [0.25, 0.3) is 0 Å². The van der Waals surface area contributed by atoms with Crippen LogP contribution >= 0.6 is 0 Å². The second-order valence-electron chi connectivity index (χ2n) is 14.3. The number of nitrogens with one attached hydrogen (secondary N) is 1. The van der Waals surface area contributed by atoms with Crippen LogP contribution in [0.15, 0.2) is 0 Å². The summed E-state index contributed by atoms with van der Waals surface area (Å²) in [5, 5.41) is 36.4. The molecule has 38 heavy (non-hydrogen) atoms.